The van der Waals surface area contributed by atoms with Crippen LogP contribution >= 0.6 is 0 Å². The van der Waals surface area contributed by atoms with Crippen LogP contribution in [0, 0.1) is 5.92 Å². The predicted octanol–water partition coefficient (Wildman–Crippen LogP) is 3.40. The Balaban J connectivity index is 2.75. The molecular formula is C15H32N2. The average molecular weight is 240 g/mol. The molecule has 2 N–H and O–H groups in total. The summed E-state index contributed by atoms with van der Waals surface area (Å²) in [6.07, 6.45) is 8.00. The van der Waals surface area contributed by atoms with Crippen molar-refractivity contribution < 1.29 is 0 Å². The highest BCUT2D eigenvalue weighted by Crippen LogP contribution is 2.32. The van der Waals surface area contributed by atoms with Crippen molar-refractivity contribution in [2.45, 2.75) is 77.8 Å². The van der Waals surface area contributed by atoms with Crippen LogP contribution in [0.2, 0.25) is 0 Å². The number of hydrogen-bond donors (Lipinski definition) is 1. The molecule has 2 nitrogen and oxygen atoms in total. The number of rotatable bonds is 6. The van der Waals surface area contributed by atoms with Crippen molar-refractivity contribution in [3.8, 4) is 0 Å². The molecule has 0 aromatic rings. The summed E-state index contributed by atoms with van der Waals surface area (Å²) in [5.74, 6) is 0.729. The summed E-state index contributed by atoms with van der Waals surface area (Å²) in [7, 11) is 0. The molecule has 1 fully saturated rings. The topological polar surface area (TPSA) is 29.3 Å². The number of hydrogen-bond acceptors (Lipinski definition) is 2. The summed E-state index contributed by atoms with van der Waals surface area (Å²) in [6, 6.07) is 0.779. The molecule has 1 aliphatic rings. The van der Waals surface area contributed by atoms with E-state index >= 15 is 0 Å². The Morgan fingerprint density at radius 2 is 2.06 bits per heavy atom. The largest absolute Gasteiger partial charge is 0.329 e. The van der Waals surface area contributed by atoms with E-state index in [0.717, 1.165) is 18.5 Å². The summed E-state index contributed by atoms with van der Waals surface area (Å²) in [4.78, 5) is 2.74. The van der Waals surface area contributed by atoms with Gasteiger partial charge in [0.1, 0.15) is 0 Å². The van der Waals surface area contributed by atoms with Gasteiger partial charge >= 0.3 is 0 Å². The predicted molar refractivity (Wildman–Crippen MR) is 76.2 cm³/mol. The Bertz CT molecular complexity index is 213. The second-order valence-electron chi connectivity index (χ2n) is 6.43. The molecule has 1 rings (SSSR count). The monoisotopic (exact) mass is 240 g/mol. The molecule has 0 amide bonds. The van der Waals surface area contributed by atoms with Gasteiger partial charge in [-0.05, 0) is 45.1 Å². The first kappa shape index (κ1) is 15.0. The van der Waals surface area contributed by atoms with Crippen molar-refractivity contribution in [2.75, 3.05) is 13.1 Å². The van der Waals surface area contributed by atoms with Gasteiger partial charge in [-0.25, -0.2) is 0 Å². The molecule has 0 bridgehead atoms. The molecule has 102 valence electrons. The zero-order valence-electron chi connectivity index (χ0n) is 12.3. The van der Waals surface area contributed by atoms with E-state index in [0.29, 0.717) is 0 Å². The van der Waals surface area contributed by atoms with Gasteiger partial charge in [0.2, 0.25) is 0 Å². The molecule has 2 heteroatoms. The molecule has 0 saturated carbocycles. The van der Waals surface area contributed by atoms with E-state index in [-0.39, 0.29) is 5.54 Å². The van der Waals surface area contributed by atoms with E-state index in [4.69, 9.17) is 5.73 Å². The third-order valence-corrected chi connectivity index (χ3v) is 4.23. The van der Waals surface area contributed by atoms with E-state index in [1.165, 1.54) is 45.1 Å². The van der Waals surface area contributed by atoms with Crippen LogP contribution in [-0.2, 0) is 0 Å². The van der Waals surface area contributed by atoms with Crippen molar-refractivity contribution in [3.63, 3.8) is 0 Å². The van der Waals surface area contributed by atoms with Crippen LogP contribution in [-0.4, -0.2) is 29.6 Å². The van der Waals surface area contributed by atoms with Gasteiger partial charge in [0.05, 0.1) is 0 Å². The molecule has 17 heavy (non-hydrogen) atoms. The van der Waals surface area contributed by atoms with E-state index in [1.807, 2.05) is 0 Å². The number of nitrogens with two attached hydrogens (primary N) is 1. The maximum absolute atomic E-state index is 6.10. The minimum absolute atomic E-state index is 0.217. The van der Waals surface area contributed by atoms with Gasteiger partial charge in [-0.2, -0.15) is 0 Å². The third kappa shape index (κ3) is 3.96. The molecule has 0 radical (unpaired) electrons. The van der Waals surface area contributed by atoms with Crippen LogP contribution in [0.15, 0.2) is 0 Å². The van der Waals surface area contributed by atoms with Crippen molar-refractivity contribution >= 4 is 0 Å². The average Bonchev–Trinajstić information content (AvgIpc) is 2.29. The summed E-state index contributed by atoms with van der Waals surface area (Å²) in [6.45, 7) is 11.4. The fourth-order valence-corrected chi connectivity index (χ4v) is 3.54. The number of likely N-dealkylation sites (tertiary alicyclic amines) is 1. The quantitative estimate of drug-likeness (QED) is 0.771. The second kappa shape index (κ2) is 6.75. The zero-order chi connectivity index (χ0) is 12.9. The Hall–Kier alpha value is -0.0800. The molecule has 2 atom stereocenters. The standard InChI is InChI=1S/C15H32N2/c1-5-8-14-9-6-7-10-17(14)15(4,12-16)11-13(2)3/h13-14H,5-12,16H2,1-4H3. The van der Waals surface area contributed by atoms with Crippen LogP contribution in [0.25, 0.3) is 0 Å². The van der Waals surface area contributed by atoms with Gasteiger partial charge in [-0.15, -0.1) is 0 Å². The highest BCUT2D eigenvalue weighted by molar-refractivity contribution is 4.93. The lowest BCUT2D eigenvalue weighted by molar-refractivity contribution is 0.0162. The maximum atomic E-state index is 6.10. The molecule has 0 aromatic heterocycles. The molecule has 0 spiro atoms. The zero-order valence-corrected chi connectivity index (χ0v) is 12.3. The van der Waals surface area contributed by atoms with Gasteiger partial charge in [0.25, 0.3) is 0 Å². The summed E-state index contributed by atoms with van der Waals surface area (Å²) in [5, 5.41) is 0. The van der Waals surface area contributed by atoms with Crippen LogP contribution < -0.4 is 5.73 Å². The van der Waals surface area contributed by atoms with Crippen LogP contribution in [0.4, 0.5) is 0 Å². The lowest BCUT2D eigenvalue weighted by atomic mass is 9.84. The number of nitrogens with zero attached hydrogens (tertiary/aromatic N) is 1. The molecular weight excluding hydrogens is 208 g/mol. The molecule has 0 aromatic carbocycles. The first-order valence-electron chi connectivity index (χ1n) is 7.50. The highest BCUT2D eigenvalue weighted by Gasteiger charge is 2.36. The van der Waals surface area contributed by atoms with E-state index in [2.05, 4.69) is 32.6 Å². The fraction of sp³-hybridized carbons (Fsp3) is 1.00. The second-order valence-corrected chi connectivity index (χ2v) is 6.43. The van der Waals surface area contributed by atoms with Gasteiger partial charge in [0, 0.05) is 18.1 Å². The smallest absolute Gasteiger partial charge is 0.0308 e. The van der Waals surface area contributed by atoms with E-state index in [1.54, 1.807) is 0 Å². The van der Waals surface area contributed by atoms with E-state index < -0.39 is 0 Å². The van der Waals surface area contributed by atoms with Crippen molar-refractivity contribution in [1.82, 2.24) is 4.90 Å². The SMILES string of the molecule is CCCC1CCCCN1C(C)(CN)CC(C)C. The maximum Gasteiger partial charge on any atom is 0.0308 e. The number of piperidine rings is 1. The third-order valence-electron chi connectivity index (χ3n) is 4.23. The van der Waals surface area contributed by atoms with Gasteiger partial charge in [-0.1, -0.05) is 33.6 Å². The van der Waals surface area contributed by atoms with Crippen molar-refractivity contribution in [1.29, 1.82) is 0 Å². The first-order chi connectivity index (χ1) is 8.03. The Kier molecular flexibility index (Phi) is 5.94. The molecule has 1 heterocycles. The molecule has 0 aliphatic carbocycles. The Morgan fingerprint density at radius 3 is 2.59 bits per heavy atom. The Morgan fingerprint density at radius 1 is 1.35 bits per heavy atom. The minimum Gasteiger partial charge on any atom is -0.329 e. The fourth-order valence-electron chi connectivity index (χ4n) is 3.54. The van der Waals surface area contributed by atoms with Gasteiger partial charge in [-0.3, -0.25) is 4.90 Å². The minimum atomic E-state index is 0.217. The molecule has 1 saturated heterocycles. The van der Waals surface area contributed by atoms with Crippen LogP contribution in [0.5, 0.6) is 0 Å². The van der Waals surface area contributed by atoms with Crippen molar-refractivity contribution in [3.05, 3.63) is 0 Å². The summed E-state index contributed by atoms with van der Waals surface area (Å²) < 4.78 is 0. The molecule has 1 aliphatic heterocycles. The van der Waals surface area contributed by atoms with Crippen LogP contribution in [0.3, 0.4) is 0 Å². The summed E-state index contributed by atoms with van der Waals surface area (Å²) in [5.41, 5.74) is 6.32. The molecule has 2 unspecified atom stereocenters. The lowest BCUT2D eigenvalue weighted by Crippen LogP contribution is -2.58. The van der Waals surface area contributed by atoms with Gasteiger partial charge < -0.3 is 5.73 Å². The summed E-state index contributed by atoms with van der Waals surface area (Å²) >= 11 is 0. The van der Waals surface area contributed by atoms with E-state index in [9.17, 15) is 0 Å². The van der Waals surface area contributed by atoms with Gasteiger partial charge in [0.15, 0.2) is 0 Å². The highest BCUT2D eigenvalue weighted by atomic mass is 15.2. The Labute approximate surface area is 108 Å². The normalized spacial score (nSPS) is 26.1. The van der Waals surface area contributed by atoms with Crippen LogP contribution in [0.1, 0.15) is 66.2 Å². The lowest BCUT2D eigenvalue weighted by Gasteiger charge is -2.49. The van der Waals surface area contributed by atoms with Crippen molar-refractivity contribution in [2.24, 2.45) is 11.7 Å². The first-order valence-corrected chi connectivity index (χ1v) is 7.50.